The average molecular weight is 394 g/mol. The van der Waals surface area contributed by atoms with Crippen LogP contribution in [0.15, 0.2) is 18.3 Å². The van der Waals surface area contributed by atoms with Crippen molar-refractivity contribution in [1.29, 1.82) is 0 Å². The maximum absolute atomic E-state index is 13.1. The number of hydrogen-bond donors (Lipinski definition) is 2. The first-order valence-corrected chi connectivity index (χ1v) is 9.07. The lowest BCUT2D eigenvalue weighted by atomic mass is 9.82. The number of hydrogen-bond acceptors (Lipinski definition) is 5. The Hall–Kier alpha value is -2.62. The van der Waals surface area contributed by atoms with E-state index in [9.17, 15) is 18.0 Å². The van der Waals surface area contributed by atoms with E-state index in [-0.39, 0.29) is 23.4 Å². The second-order valence-corrected chi connectivity index (χ2v) is 7.42. The molecule has 0 aliphatic carbocycles. The zero-order chi connectivity index (χ0) is 20.1. The second kappa shape index (κ2) is 6.47. The van der Waals surface area contributed by atoms with Gasteiger partial charge in [-0.1, -0.05) is 0 Å². The third-order valence-corrected chi connectivity index (χ3v) is 5.68. The number of alkyl halides is 3. The zero-order valence-electron chi connectivity index (χ0n) is 15.4. The number of pyridine rings is 1. The molecule has 4 rings (SSSR count). The number of carbonyl (C=O) groups excluding carboxylic acids is 1. The molecule has 0 unspecified atom stereocenters. The molecule has 0 bridgehead atoms. The highest BCUT2D eigenvalue weighted by Crippen LogP contribution is 2.44. The van der Waals surface area contributed by atoms with Gasteiger partial charge in [0.05, 0.1) is 17.8 Å². The lowest BCUT2D eigenvalue weighted by Gasteiger charge is -2.23. The van der Waals surface area contributed by atoms with Crippen LogP contribution in [0.25, 0.3) is 11.3 Å². The van der Waals surface area contributed by atoms with E-state index in [4.69, 9.17) is 5.73 Å². The van der Waals surface area contributed by atoms with E-state index in [1.54, 1.807) is 7.05 Å². The summed E-state index contributed by atoms with van der Waals surface area (Å²) in [6, 6.07) is 2.82. The summed E-state index contributed by atoms with van der Waals surface area (Å²) in [6.07, 6.45) is -1.57. The normalized spacial score (nSPS) is 21.5. The van der Waals surface area contributed by atoms with Crippen molar-refractivity contribution in [2.45, 2.75) is 31.0 Å². The van der Waals surface area contributed by atoms with Crippen LogP contribution in [-0.4, -0.2) is 52.3 Å². The molecule has 1 amide bonds. The van der Waals surface area contributed by atoms with Crippen LogP contribution in [0.2, 0.25) is 0 Å². The minimum atomic E-state index is -4.57. The summed E-state index contributed by atoms with van der Waals surface area (Å²) in [5.74, 6) is -0.496. The van der Waals surface area contributed by atoms with Crippen molar-refractivity contribution in [3.8, 4) is 11.3 Å². The largest absolute Gasteiger partial charge is 0.419 e. The van der Waals surface area contributed by atoms with Gasteiger partial charge in [0.1, 0.15) is 5.82 Å². The Morgan fingerprint density at radius 2 is 2.07 bits per heavy atom. The number of carbonyl (C=O) groups is 1. The molecular formula is C18H21F3N6O. The molecule has 4 heterocycles. The highest BCUT2D eigenvalue weighted by atomic mass is 19.4. The highest BCUT2D eigenvalue weighted by molar-refractivity contribution is 5.78. The number of halogens is 3. The van der Waals surface area contributed by atoms with Gasteiger partial charge in [0.15, 0.2) is 0 Å². The maximum atomic E-state index is 13.1. The number of amides is 1. The molecule has 2 aliphatic rings. The van der Waals surface area contributed by atoms with Crippen LogP contribution < -0.4 is 11.1 Å². The molecule has 1 saturated heterocycles. The SMILES string of the molecule is CNCC(=O)N1CC[C@@]2(CCn3nc(-c4cnc(N)c(C(F)(F)F)c4)cc32)C1. The first-order valence-electron chi connectivity index (χ1n) is 9.07. The molecule has 1 atom stereocenters. The smallest absolute Gasteiger partial charge is 0.383 e. The van der Waals surface area contributed by atoms with E-state index in [0.717, 1.165) is 24.6 Å². The first kappa shape index (κ1) is 18.7. The number of aromatic nitrogens is 3. The van der Waals surface area contributed by atoms with E-state index in [1.807, 2.05) is 15.6 Å². The second-order valence-electron chi connectivity index (χ2n) is 7.42. The summed E-state index contributed by atoms with van der Waals surface area (Å²) < 4.78 is 41.3. The van der Waals surface area contributed by atoms with Crippen molar-refractivity contribution >= 4 is 11.7 Å². The molecule has 10 heteroatoms. The molecule has 0 radical (unpaired) electrons. The Bertz CT molecular complexity index is 925. The lowest BCUT2D eigenvalue weighted by Crippen LogP contribution is -2.37. The molecule has 2 aromatic heterocycles. The molecule has 28 heavy (non-hydrogen) atoms. The standard InChI is InChI=1S/C18H21F3N6O/c1-23-9-15(28)26-4-2-17(10-26)3-5-27-14(17)7-13(25-27)11-6-12(18(19,20)21)16(22)24-8-11/h6-8,23H,2-5,9-10H2,1H3,(H2,22,24)/t17-/m1/s1. The first-order chi connectivity index (χ1) is 13.2. The summed E-state index contributed by atoms with van der Waals surface area (Å²) in [4.78, 5) is 17.7. The van der Waals surface area contributed by atoms with Gasteiger partial charge >= 0.3 is 6.18 Å². The van der Waals surface area contributed by atoms with Crippen LogP contribution in [0.3, 0.4) is 0 Å². The number of aryl methyl sites for hydroxylation is 1. The number of likely N-dealkylation sites (N-methyl/N-ethyl adjacent to an activating group) is 1. The Kier molecular flexibility index (Phi) is 4.33. The third-order valence-electron chi connectivity index (χ3n) is 5.68. The van der Waals surface area contributed by atoms with Gasteiger partial charge in [0.25, 0.3) is 0 Å². The number of anilines is 1. The Labute approximate surface area is 159 Å². The van der Waals surface area contributed by atoms with E-state index < -0.39 is 17.6 Å². The molecule has 2 aliphatic heterocycles. The van der Waals surface area contributed by atoms with Crippen LogP contribution in [0.5, 0.6) is 0 Å². The van der Waals surface area contributed by atoms with Gasteiger partial charge in [-0.25, -0.2) is 4.98 Å². The van der Waals surface area contributed by atoms with E-state index >= 15 is 0 Å². The summed E-state index contributed by atoms with van der Waals surface area (Å²) in [5.41, 5.74) is 5.92. The Balaban J connectivity index is 1.64. The fourth-order valence-corrected chi connectivity index (χ4v) is 4.21. The topological polar surface area (TPSA) is 89.1 Å². The summed E-state index contributed by atoms with van der Waals surface area (Å²) in [6.45, 7) is 2.24. The van der Waals surface area contributed by atoms with Gasteiger partial charge in [0, 0.05) is 42.5 Å². The molecule has 7 nitrogen and oxygen atoms in total. The number of nitrogen functional groups attached to an aromatic ring is 1. The van der Waals surface area contributed by atoms with Crippen LogP contribution in [0.1, 0.15) is 24.1 Å². The van der Waals surface area contributed by atoms with Crippen molar-refractivity contribution < 1.29 is 18.0 Å². The zero-order valence-corrected chi connectivity index (χ0v) is 15.4. The predicted molar refractivity (Wildman–Crippen MR) is 96.3 cm³/mol. The summed E-state index contributed by atoms with van der Waals surface area (Å²) in [7, 11) is 1.73. The summed E-state index contributed by atoms with van der Waals surface area (Å²) >= 11 is 0. The monoisotopic (exact) mass is 394 g/mol. The van der Waals surface area contributed by atoms with Gasteiger partial charge < -0.3 is 16.0 Å². The van der Waals surface area contributed by atoms with Crippen molar-refractivity contribution in [3.05, 3.63) is 29.6 Å². The molecule has 0 saturated carbocycles. The van der Waals surface area contributed by atoms with Gasteiger partial charge in [-0.15, -0.1) is 0 Å². The number of nitrogens with two attached hydrogens (primary N) is 1. The Morgan fingerprint density at radius 1 is 1.32 bits per heavy atom. The molecule has 150 valence electrons. The van der Waals surface area contributed by atoms with Crippen LogP contribution in [0, 0.1) is 0 Å². The minimum Gasteiger partial charge on any atom is -0.383 e. The van der Waals surface area contributed by atoms with Gasteiger partial charge in [-0.05, 0) is 32.0 Å². The van der Waals surface area contributed by atoms with Crippen molar-refractivity contribution in [2.75, 3.05) is 32.4 Å². The third kappa shape index (κ3) is 3.01. The van der Waals surface area contributed by atoms with Crippen molar-refractivity contribution in [3.63, 3.8) is 0 Å². The molecular weight excluding hydrogens is 373 g/mol. The van der Waals surface area contributed by atoms with Crippen LogP contribution in [0.4, 0.5) is 19.0 Å². The molecule has 1 spiro atoms. The molecule has 1 fully saturated rings. The van der Waals surface area contributed by atoms with Crippen LogP contribution in [-0.2, 0) is 22.9 Å². The number of fused-ring (bicyclic) bond motifs is 2. The van der Waals surface area contributed by atoms with Crippen molar-refractivity contribution in [1.82, 2.24) is 25.0 Å². The van der Waals surface area contributed by atoms with E-state index in [1.165, 1.54) is 6.20 Å². The van der Waals surface area contributed by atoms with E-state index in [0.29, 0.717) is 25.3 Å². The van der Waals surface area contributed by atoms with Crippen LogP contribution >= 0.6 is 0 Å². The van der Waals surface area contributed by atoms with Gasteiger partial charge in [-0.3, -0.25) is 9.48 Å². The number of nitrogens with zero attached hydrogens (tertiary/aromatic N) is 4. The van der Waals surface area contributed by atoms with Crippen molar-refractivity contribution in [2.24, 2.45) is 0 Å². The lowest BCUT2D eigenvalue weighted by molar-refractivity contribution is -0.137. The highest BCUT2D eigenvalue weighted by Gasteiger charge is 2.46. The average Bonchev–Trinajstić information content (AvgIpc) is 3.32. The quantitative estimate of drug-likeness (QED) is 0.826. The van der Waals surface area contributed by atoms with Gasteiger partial charge in [0.2, 0.25) is 5.91 Å². The predicted octanol–water partition coefficient (Wildman–Crippen LogP) is 1.64. The maximum Gasteiger partial charge on any atom is 0.419 e. The number of rotatable bonds is 3. The number of likely N-dealkylation sites (tertiary alicyclic amines) is 1. The molecule has 2 aromatic rings. The summed E-state index contributed by atoms with van der Waals surface area (Å²) in [5, 5.41) is 7.36. The minimum absolute atomic E-state index is 0.0510. The fraction of sp³-hybridized carbons (Fsp3) is 0.500. The van der Waals surface area contributed by atoms with Gasteiger partial charge in [-0.2, -0.15) is 18.3 Å². The molecule has 0 aromatic carbocycles. The number of nitrogens with one attached hydrogen (secondary N) is 1. The Morgan fingerprint density at radius 3 is 2.79 bits per heavy atom. The van der Waals surface area contributed by atoms with E-state index in [2.05, 4.69) is 15.4 Å². The molecule has 3 N–H and O–H groups in total. The fourth-order valence-electron chi connectivity index (χ4n) is 4.21.